The number of guanidine groups is 1. The van der Waals surface area contributed by atoms with Gasteiger partial charge < -0.3 is 54.4 Å². The third-order valence-corrected chi connectivity index (χ3v) is 6.91. The number of nitrogens with zero attached hydrogens (tertiary/aromatic N) is 1. The summed E-state index contributed by atoms with van der Waals surface area (Å²) in [6.07, 6.45) is 1.38. The molecule has 250 valence electrons. The molecule has 0 aliphatic heterocycles. The first kappa shape index (κ1) is 38.4. The number of carbonyl (C=O) groups is 6. The molecule has 0 unspecified atom stereocenters. The average Bonchev–Trinajstić information content (AvgIpc) is 2.96. The van der Waals surface area contributed by atoms with Gasteiger partial charge in [-0.15, -0.1) is 0 Å². The Morgan fingerprint density at radius 2 is 1.36 bits per heavy atom. The molecular weight excluding hydrogens is 610 g/mol. The minimum Gasteiger partial charge on any atom is -0.508 e. The van der Waals surface area contributed by atoms with Crippen LogP contribution in [0.25, 0.3) is 0 Å². The Bertz CT molecular complexity index is 1210. The third-order valence-electron chi connectivity index (χ3n) is 6.26. The number of primary amides is 1. The molecule has 1 rings (SSSR count). The zero-order valence-corrected chi connectivity index (χ0v) is 26.0. The number of carbonyl (C=O) groups excluding carboxylic acids is 5. The van der Waals surface area contributed by atoms with E-state index in [0.717, 1.165) is 0 Å². The molecule has 0 fully saturated rings. The van der Waals surface area contributed by atoms with Crippen LogP contribution in [0.1, 0.15) is 38.2 Å². The van der Waals surface area contributed by atoms with Gasteiger partial charge in [0.1, 0.15) is 29.9 Å². The van der Waals surface area contributed by atoms with E-state index >= 15 is 0 Å². The lowest BCUT2D eigenvalue weighted by atomic mass is 10.0. The van der Waals surface area contributed by atoms with Gasteiger partial charge in [-0.25, -0.2) is 4.79 Å². The molecule has 1 aromatic rings. The number of aliphatic imine (C=N–C) groups is 1. The van der Waals surface area contributed by atoms with Gasteiger partial charge in [0.25, 0.3) is 0 Å². The van der Waals surface area contributed by atoms with Crippen molar-refractivity contribution in [2.75, 3.05) is 18.6 Å². The average molecular weight is 654 g/mol. The molecule has 5 atom stereocenters. The maximum absolute atomic E-state index is 13.3. The van der Waals surface area contributed by atoms with Crippen LogP contribution in [0.3, 0.4) is 0 Å². The third kappa shape index (κ3) is 15.1. The summed E-state index contributed by atoms with van der Waals surface area (Å²) in [6, 6.07) is -0.478. The van der Waals surface area contributed by atoms with Gasteiger partial charge in [0.2, 0.25) is 29.5 Å². The number of aliphatic carboxylic acids is 1. The van der Waals surface area contributed by atoms with Gasteiger partial charge in [-0.1, -0.05) is 12.1 Å². The Morgan fingerprint density at radius 3 is 1.89 bits per heavy atom. The van der Waals surface area contributed by atoms with Crippen molar-refractivity contribution in [2.45, 2.75) is 69.2 Å². The fraction of sp³-hybridized carbons (Fsp3) is 0.519. The van der Waals surface area contributed by atoms with Crippen LogP contribution in [-0.4, -0.2) is 100 Å². The Balaban J connectivity index is 3.15. The maximum Gasteiger partial charge on any atom is 0.326 e. The van der Waals surface area contributed by atoms with E-state index in [-0.39, 0.29) is 43.9 Å². The van der Waals surface area contributed by atoms with Crippen molar-refractivity contribution in [1.82, 2.24) is 21.3 Å². The number of nitrogens with one attached hydrogen (secondary N) is 4. The summed E-state index contributed by atoms with van der Waals surface area (Å²) in [5, 5.41) is 28.9. The summed E-state index contributed by atoms with van der Waals surface area (Å²) in [6.45, 7) is 1.55. The second-order valence-electron chi connectivity index (χ2n) is 10.1. The van der Waals surface area contributed by atoms with Gasteiger partial charge in [0.05, 0.1) is 12.5 Å². The van der Waals surface area contributed by atoms with Crippen LogP contribution >= 0.6 is 11.8 Å². The molecule has 0 spiro atoms. The van der Waals surface area contributed by atoms with E-state index in [1.165, 1.54) is 43.0 Å². The van der Waals surface area contributed by atoms with Crippen LogP contribution in [-0.2, 0) is 35.2 Å². The van der Waals surface area contributed by atoms with Crippen LogP contribution < -0.4 is 44.2 Å². The first-order chi connectivity index (χ1) is 21.1. The van der Waals surface area contributed by atoms with Crippen molar-refractivity contribution in [3.05, 3.63) is 29.8 Å². The summed E-state index contributed by atoms with van der Waals surface area (Å²) >= 11 is 1.37. The van der Waals surface area contributed by atoms with Crippen molar-refractivity contribution in [1.29, 1.82) is 0 Å². The number of carboxylic acid groups (broad SMARTS) is 1. The molecule has 0 bridgehead atoms. The van der Waals surface area contributed by atoms with Gasteiger partial charge >= 0.3 is 5.97 Å². The molecule has 0 radical (unpaired) electrons. The molecule has 1 aromatic carbocycles. The molecule has 14 N–H and O–H groups in total. The number of thioether (sulfide) groups is 1. The Morgan fingerprint density at radius 1 is 0.822 bits per heavy atom. The molecular formula is C27H43N9O8S. The van der Waals surface area contributed by atoms with Crippen LogP contribution in [0.15, 0.2) is 29.3 Å². The van der Waals surface area contributed by atoms with Gasteiger partial charge in [0, 0.05) is 13.0 Å². The smallest absolute Gasteiger partial charge is 0.326 e. The number of carboxylic acids is 1. The van der Waals surface area contributed by atoms with Crippen molar-refractivity contribution < 1.29 is 39.0 Å². The molecule has 45 heavy (non-hydrogen) atoms. The van der Waals surface area contributed by atoms with E-state index < -0.39 is 72.1 Å². The second kappa shape index (κ2) is 19.6. The fourth-order valence-electron chi connectivity index (χ4n) is 3.87. The lowest BCUT2D eigenvalue weighted by molar-refractivity contribution is -0.142. The minimum atomic E-state index is -1.55. The number of aromatic hydroxyl groups is 1. The van der Waals surface area contributed by atoms with Crippen LogP contribution in [0.2, 0.25) is 0 Å². The maximum atomic E-state index is 13.3. The largest absolute Gasteiger partial charge is 0.508 e. The van der Waals surface area contributed by atoms with Crippen LogP contribution in [0.4, 0.5) is 0 Å². The number of benzene rings is 1. The highest BCUT2D eigenvalue weighted by molar-refractivity contribution is 7.98. The first-order valence-corrected chi connectivity index (χ1v) is 15.3. The van der Waals surface area contributed by atoms with Crippen molar-refractivity contribution in [2.24, 2.45) is 27.9 Å². The molecule has 0 saturated heterocycles. The van der Waals surface area contributed by atoms with E-state index in [4.69, 9.17) is 22.9 Å². The van der Waals surface area contributed by atoms with E-state index in [2.05, 4.69) is 26.3 Å². The van der Waals surface area contributed by atoms with Crippen molar-refractivity contribution in [3.63, 3.8) is 0 Å². The Hall–Kier alpha value is -4.58. The van der Waals surface area contributed by atoms with Gasteiger partial charge in [-0.05, 0) is 55.9 Å². The number of hydrogen-bond donors (Lipinski definition) is 10. The molecule has 0 aliphatic rings. The van der Waals surface area contributed by atoms with E-state index in [9.17, 15) is 39.0 Å². The number of phenolic OH excluding ortho intramolecular Hbond substituents is 1. The second-order valence-corrected chi connectivity index (χ2v) is 11.1. The number of rotatable bonds is 20. The van der Waals surface area contributed by atoms with Gasteiger partial charge in [-0.2, -0.15) is 11.8 Å². The molecule has 5 amide bonds. The Labute approximate surface area is 264 Å². The summed E-state index contributed by atoms with van der Waals surface area (Å²) in [7, 11) is 0. The van der Waals surface area contributed by atoms with E-state index in [1.807, 2.05) is 0 Å². The van der Waals surface area contributed by atoms with Gasteiger partial charge in [0.15, 0.2) is 5.96 Å². The standard InChI is InChI=1S/C27H43N9O8S/c1-14(28)22(39)35-19(12-15-5-7-16(37)8-6-15)24(41)36-20(13-21(29)38)25(42)33-17(9-11-45-2)23(40)34-18(26(43)44)4-3-10-32-27(30)31/h5-8,14,17-20,37H,3-4,9-13,28H2,1-2H3,(H2,29,38)(H,33,42)(H,34,40)(H,35,39)(H,36,41)(H,43,44)(H4,30,31,32)/t14-,17-,18-,19-,20-/m0/s1. The van der Waals surface area contributed by atoms with E-state index in [0.29, 0.717) is 11.3 Å². The Kier molecular flexibility index (Phi) is 16.8. The normalized spacial score (nSPS) is 14.0. The van der Waals surface area contributed by atoms with E-state index in [1.54, 1.807) is 6.26 Å². The quantitative estimate of drug-likeness (QED) is 0.0382. The molecule has 0 saturated carbocycles. The predicted octanol–water partition coefficient (Wildman–Crippen LogP) is -3.01. The predicted molar refractivity (Wildman–Crippen MR) is 168 cm³/mol. The monoisotopic (exact) mass is 653 g/mol. The first-order valence-electron chi connectivity index (χ1n) is 13.9. The highest BCUT2D eigenvalue weighted by Gasteiger charge is 2.32. The number of hydrogen-bond acceptors (Lipinski definition) is 10. The summed E-state index contributed by atoms with van der Waals surface area (Å²) < 4.78 is 0. The highest BCUT2D eigenvalue weighted by atomic mass is 32.2. The molecule has 0 aromatic heterocycles. The topological polar surface area (TPSA) is 307 Å². The number of amides is 5. The molecule has 0 aliphatic carbocycles. The van der Waals surface area contributed by atoms with Crippen LogP contribution in [0.5, 0.6) is 5.75 Å². The minimum absolute atomic E-state index is 0.00301. The van der Waals surface area contributed by atoms with Crippen LogP contribution in [0, 0.1) is 0 Å². The lowest BCUT2D eigenvalue weighted by Crippen LogP contribution is -2.59. The lowest BCUT2D eigenvalue weighted by Gasteiger charge is -2.26. The SMILES string of the molecule is CSCC[C@H](NC(=O)[C@H](CC(N)=O)NC(=O)[C@H](Cc1ccc(O)cc1)NC(=O)[C@H](C)N)C(=O)N[C@@H](CCCN=C(N)N)C(=O)O. The molecule has 0 heterocycles. The summed E-state index contributed by atoms with van der Waals surface area (Å²) in [5.41, 5.74) is 22.1. The number of nitrogens with two attached hydrogens (primary N) is 4. The zero-order chi connectivity index (χ0) is 34.1. The zero-order valence-electron chi connectivity index (χ0n) is 25.2. The fourth-order valence-corrected chi connectivity index (χ4v) is 4.34. The molecule has 18 heteroatoms. The summed E-state index contributed by atoms with van der Waals surface area (Å²) in [4.78, 5) is 79.5. The number of phenols is 1. The van der Waals surface area contributed by atoms with Crippen molar-refractivity contribution >= 4 is 53.2 Å². The van der Waals surface area contributed by atoms with Gasteiger partial charge in [-0.3, -0.25) is 29.0 Å². The summed E-state index contributed by atoms with van der Waals surface area (Å²) in [5.74, 6) is -5.29. The molecule has 17 nitrogen and oxygen atoms in total. The highest BCUT2D eigenvalue weighted by Crippen LogP contribution is 2.12. The van der Waals surface area contributed by atoms with Crippen molar-refractivity contribution in [3.8, 4) is 5.75 Å².